The summed E-state index contributed by atoms with van der Waals surface area (Å²) in [6.07, 6.45) is 7.34. The van der Waals surface area contributed by atoms with Gasteiger partial charge in [-0.3, -0.25) is 14.3 Å². The highest BCUT2D eigenvalue weighted by atomic mass is 16.2. The Labute approximate surface area is 143 Å². The summed E-state index contributed by atoms with van der Waals surface area (Å²) in [4.78, 5) is 33.3. The third kappa shape index (κ3) is 2.50. The van der Waals surface area contributed by atoms with Crippen LogP contribution in [-0.2, 0) is 11.8 Å². The molecular weight excluding hydrogens is 318 g/mol. The molecule has 2 aromatic rings. The van der Waals surface area contributed by atoms with E-state index >= 15 is 0 Å². The van der Waals surface area contributed by atoms with Crippen LogP contribution in [0.15, 0.2) is 47.5 Å². The van der Waals surface area contributed by atoms with Crippen LogP contribution in [-0.4, -0.2) is 26.6 Å². The van der Waals surface area contributed by atoms with E-state index in [2.05, 4.69) is 20.4 Å². The number of aromatic nitrogens is 3. The van der Waals surface area contributed by atoms with E-state index in [4.69, 9.17) is 0 Å². The molecule has 1 aliphatic heterocycles. The number of pyridine rings is 1. The predicted octanol–water partition coefficient (Wildman–Crippen LogP) is 0.429. The van der Waals surface area contributed by atoms with E-state index in [1.54, 1.807) is 29.9 Å². The van der Waals surface area contributed by atoms with Crippen LogP contribution in [0.2, 0.25) is 0 Å². The minimum absolute atomic E-state index is 0.114. The quantitative estimate of drug-likeness (QED) is 0.863. The van der Waals surface area contributed by atoms with Gasteiger partial charge in [0.15, 0.2) is 5.69 Å². The predicted molar refractivity (Wildman–Crippen MR) is 91.1 cm³/mol. The number of anilines is 1. The zero-order valence-corrected chi connectivity index (χ0v) is 13.7. The lowest BCUT2D eigenvalue weighted by Gasteiger charge is -2.15. The molecule has 7 nitrogen and oxygen atoms in total. The Kier molecular flexibility index (Phi) is 3.42. The van der Waals surface area contributed by atoms with Gasteiger partial charge in [-0.15, -0.1) is 0 Å². The summed E-state index contributed by atoms with van der Waals surface area (Å²) >= 11 is 0. The molecule has 0 saturated heterocycles. The molecule has 124 valence electrons. The number of carbonyl (C=O) groups excluding carboxylic acids is 2. The van der Waals surface area contributed by atoms with Gasteiger partial charge in [0, 0.05) is 12.7 Å². The summed E-state index contributed by atoms with van der Waals surface area (Å²) in [6.45, 7) is 1.84. The standard InChI is InChI=1S/C18H15N5O2/c1-10-6-5-9-13(19-10)20-18(25)15-14-16(23(2)22-15)11-7-3-4-8-12(11)17(24)21-14/h3-9,12H,1-2H3,(H,19,20,25). The number of carbonyl (C=O) groups is 2. The molecule has 7 heteroatoms. The maximum atomic E-state index is 12.6. The molecule has 1 N–H and O–H groups in total. The summed E-state index contributed by atoms with van der Waals surface area (Å²) in [5.41, 5.74) is 1.71. The summed E-state index contributed by atoms with van der Waals surface area (Å²) in [5, 5.41) is 8.00. The Morgan fingerprint density at radius 3 is 2.92 bits per heavy atom. The lowest BCUT2D eigenvalue weighted by Crippen LogP contribution is -2.41. The molecule has 25 heavy (non-hydrogen) atoms. The van der Waals surface area contributed by atoms with Gasteiger partial charge in [-0.2, -0.15) is 5.10 Å². The van der Waals surface area contributed by atoms with Crippen molar-refractivity contribution in [2.45, 2.75) is 6.92 Å². The van der Waals surface area contributed by atoms with Crippen molar-refractivity contribution in [3.05, 3.63) is 64.6 Å². The van der Waals surface area contributed by atoms with E-state index in [1.165, 1.54) is 0 Å². The van der Waals surface area contributed by atoms with E-state index in [9.17, 15) is 9.59 Å². The molecule has 0 radical (unpaired) electrons. The Bertz CT molecular complexity index is 1090. The van der Waals surface area contributed by atoms with Crippen LogP contribution >= 0.6 is 0 Å². The van der Waals surface area contributed by atoms with Crippen molar-refractivity contribution in [2.24, 2.45) is 18.0 Å². The normalized spacial score (nSPS) is 17.8. The number of hydrogen-bond acceptors (Lipinski definition) is 4. The minimum atomic E-state index is -0.444. The fourth-order valence-electron chi connectivity index (χ4n) is 3.05. The Morgan fingerprint density at radius 1 is 1.28 bits per heavy atom. The van der Waals surface area contributed by atoms with Gasteiger partial charge in [0.05, 0.1) is 11.3 Å². The number of aryl methyl sites for hydroxylation is 2. The zero-order valence-electron chi connectivity index (χ0n) is 13.7. The van der Waals surface area contributed by atoms with Gasteiger partial charge < -0.3 is 5.32 Å². The molecule has 3 heterocycles. The minimum Gasteiger partial charge on any atom is -0.305 e. The Balaban J connectivity index is 1.83. The fraction of sp³-hybridized carbons (Fsp3) is 0.167. The molecule has 2 aromatic heterocycles. The summed E-state index contributed by atoms with van der Waals surface area (Å²) in [7, 11) is 1.74. The SMILES string of the molecule is Cc1cccc(NC(=O)c2nn(C)c3c2=NC(=O)C2C=CC=CC=32)n1. The smallest absolute Gasteiger partial charge is 0.279 e. The van der Waals surface area contributed by atoms with E-state index in [1.807, 2.05) is 31.2 Å². The van der Waals surface area contributed by atoms with Crippen molar-refractivity contribution in [1.82, 2.24) is 14.8 Å². The number of nitrogens with zero attached hydrogens (tertiary/aromatic N) is 4. The van der Waals surface area contributed by atoms with E-state index in [0.29, 0.717) is 16.5 Å². The van der Waals surface area contributed by atoms with Crippen molar-refractivity contribution < 1.29 is 9.59 Å². The average molecular weight is 333 g/mol. The largest absolute Gasteiger partial charge is 0.305 e. The maximum absolute atomic E-state index is 12.6. The van der Waals surface area contributed by atoms with Crippen LogP contribution in [0.1, 0.15) is 16.2 Å². The van der Waals surface area contributed by atoms with Crippen molar-refractivity contribution in [2.75, 3.05) is 5.32 Å². The first kappa shape index (κ1) is 15.2. The second-order valence-electron chi connectivity index (χ2n) is 5.91. The highest BCUT2D eigenvalue weighted by molar-refractivity contribution is 6.03. The average Bonchev–Trinajstić information content (AvgIpc) is 2.92. The van der Waals surface area contributed by atoms with Crippen LogP contribution in [0, 0.1) is 12.8 Å². The number of nitrogens with one attached hydrogen (secondary N) is 1. The molecule has 1 aliphatic carbocycles. The summed E-state index contributed by atoms with van der Waals surface area (Å²) in [5.74, 6) is -0.723. The maximum Gasteiger partial charge on any atom is 0.279 e. The summed E-state index contributed by atoms with van der Waals surface area (Å²) < 4.78 is 1.59. The number of fused-ring (bicyclic) bond motifs is 2. The second kappa shape index (κ2) is 5.62. The third-order valence-electron chi connectivity index (χ3n) is 4.15. The van der Waals surface area contributed by atoms with Crippen LogP contribution < -0.4 is 16.0 Å². The molecule has 1 unspecified atom stereocenters. The number of amides is 2. The highest BCUT2D eigenvalue weighted by Gasteiger charge is 2.28. The van der Waals surface area contributed by atoms with E-state index in [0.717, 1.165) is 11.3 Å². The van der Waals surface area contributed by atoms with Crippen LogP contribution in [0.25, 0.3) is 5.57 Å². The molecule has 0 fully saturated rings. The molecule has 0 saturated carbocycles. The van der Waals surface area contributed by atoms with Crippen molar-refractivity contribution in [3.63, 3.8) is 0 Å². The lowest BCUT2D eigenvalue weighted by molar-refractivity contribution is -0.119. The fourth-order valence-corrected chi connectivity index (χ4v) is 3.05. The monoisotopic (exact) mass is 333 g/mol. The number of rotatable bonds is 2. The van der Waals surface area contributed by atoms with Gasteiger partial charge >= 0.3 is 0 Å². The third-order valence-corrected chi connectivity index (χ3v) is 4.15. The first-order chi connectivity index (χ1) is 12.0. The molecule has 0 bridgehead atoms. The van der Waals surface area contributed by atoms with Gasteiger partial charge in [0.1, 0.15) is 11.2 Å². The van der Waals surface area contributed by atoms with E-state index < -0.39 is 11.8 Å². The molecule has 0 aromatic carbocycles. The first-order valence-corrected chi connectivity index (χ1v) is 7.84. The highest BCUT2D eigenvalue weighted by Crippen LogP contribution is 2.21. The molecule has 0 spiro atoms. The molecular formula is C18H15N5O2. The zero-order chi connectivity index (χ0) is 17.6. The Hall–Kier alpha value is -3.35. The van der Waals surface area contributed by atoms with Crippen LogP contribution in [0.4, 0.5) is 5.82 Å². The second-order valence-corrected chi connectivity index (χ2v) is 5.91. The molecule has 2 aliphatic rings. The summed E-state index contributed by atoms with van der Waals surface area (Å²) in [6, 6.07) is 5.34. The molecule has 2 amide bonds. The van der Waals surface area contributed by atoms with Gasteiger partial charge in [0.2, 0.25) is 0 Å². The van der Waals surface area contributed by atoms with Crippen molar-refractivity contribution in [3.8, 4) is 0 Å². The number of allylic oxidation sites excluding steroid dienone is 3. The van der Waals surface area contributed by atoms with Crippen molar-refractivity contribution >= 4 is 23.2 Å². The van der Waals surface area contributed by atoms with Gasteiger partial charge in [-0.25, -0.2) is 9.98 Å². The van der Waals surface area contributed by atoms with Crippen LogP contribution in [0.5, 0.6) is 0 Å². The van der Waals surface area contributed by atoms with Gasteiger partial charge in [-0.05, 0) is 24.6 Å². The lowest BCUT2D eigenvalue weighted by atomic mass is 9.92. The number of hydrogen-bond donors (Lipinski definition) is 1. The van der Waals surface area contributed by atoms with E-state index in [-0.39, 0.29) is 11.6 Å². The Morgan fingerprint density at radius 2 is 2.12 bits per heavy atom. The van der Waals surface area contributed by atoms with Crippen LogP contribution in [0.3, 0.4) is 0 Å². The van der Waals surface area contributed by atoms with Gasteiger partial charge in [-0.1, -0.05) is 30.4 Å². The van der Waals surface area contributed by atoms with Crippen molar-refractivity contribution in [1.29, 1.82) is 0 Å². The van der Waals surface area contributed by atoms with Gasteiger partial charge in [0.25, 0.3) is 11.8 Å². The topological polar surface area (TPSA) is 89.2 Å². The molecule has 4 rings (SSSR count). The first-order valence-electron chi connectivity index (χ1n) is 7.84. The molecule has 1 atom stereocenters.